The topological polar surface area (TPSA) is 69.7 Å². The smallest absolute Gasteiger partial charge is 0.251 e. The van der Waals surface area contributed by atoms with Crippen molar-refractivity contribution in [3.8, 4) is 0 Å². The van der Waals surface area contributed by atoms with Crippen molar-refractivity contribution >= 4 is 33.2 Å². The number of hydrogen-bond acceptors (Lipinski definition) is 4. The van der Waals surface area contributed by atoms with Crippen LogP contribution in [0.3, 0.4) is 0 Å². The average Bonchev–Trinajstić information content (AvgIpc) is 3.17. The Kier molecular flexibility index (Phi) is 6.64. The minimum absolute atomic E-state index is 0.0400. The van der Waals surface area contributed by atoms with E-state index in [2.05, 4.69) is 5.32 Å². The fourth-order valence-electron chi connectivity index (χ4n) is 3.29. The van der Waals surface area contributed by atoms with Crippen LogP contribution in [-0.4, -0.2) is 52.4 Å². The molecule has 2 aromatic carbocycles. The minimum atomic E-state index is -3.78. The summed E-state index contributed by atoms with van der Waals surface area (Å²) < 4.78 is 52.3. The van der Waals surface area contributed by atoms with E-state index in [1.807, 2.05) is 4.90 Å². The molecule has 162 valence electrons. The number of rotatable bonds is 6. The molecule has 0 bridgehead atoms. The Hall–Kier alpha value is -2.23. The first-order valence-corrected chi connectivity index (χ1v) is 11.1. The minimum Gasteiger partial charge on any atom is -0.371 e. The molecular formula is C20H22ClF2N3O3S. The summed E-state index contributed by atoms with van der Waals surface area (Å²) >= 11 is 6.01. The third-order valence-electron chi connectivity index (χ3n) is 5.06. The quantitative estimate of drug-likeness (QED) is 0.723. The molecule has 1 aliphatic heterocycles. The zero-order valence-electron chi connectivity index (χ0n) is 16.5. The van der Waals surface area contributed by atoms with Crippen LogP contribution in [0.5, 0.6) is 0 Å². The molecule has 0 radical (unpaired) electrons. The van der Waals surface area contributed by atoms with E-state index in [4.69, 9.17) is 11.6 Å². The van der Waals surface area contributed by atoms with Gasteiger partial charge in [-0.15, -0.1) is 0 Å². The number of hydrogen-bond donors (Lipinski definition) is 1. The van der Waals surface area contributed by atoms with E-state index in [-0.39, 0.29) is 21.4 Å². The van der Waals surface area contributed by atoms with Gasteiger partial charge in [-0.2, -0.15) is 0 Å². The highest BCUT2D eigenvalue weighted by Crippen LogP contribution is 2.26. The molecule has 1 atom stereocenters. The maximum atomic E-state index is 13.5. The number of amides is 1. The Morgan fingerprint density at radius 1 is 1.20 bits per heavy atom. The van der Waals surface area contributed by atoms with Gasteiger partial charge in [0.05, 0.1) is 5.02 Å². The van der Waals surface area contributed by atoms with Crippen molar-refractivity contribution in [1.29, 1.82) is 0 Å². The van der Waals surface area contributed by atoms with E-state index in [9.17, 15) is 22.0 Å². The van der Waals surface area contributed by atoms with Crippen LogP contribution in [0.25, 0.3) is 0 Å². The summed E-state index contributed by atoms with van der Waals surface area (Å²) in [6.07, 6.45) is 0.778. The Morgan fingerprint density at radius 2 is 1.93 bits per heavy atom. The Morgan fingerprint density at radius 3 is 2.60 bits per heavy atom. The van der Waals surface area contributed by atoms with E-state index >= 15 is 0 Å². The number of halogens is 3. The van der Waals surface area contributed by atoms with Crippen LogP contribution >= 0.6 is 11.6 Å². The van der Waals surface area contributed by atoms with Crippen molar-refractivity contribution in [1.82, 2.24) is 9.62 Å². The molecule has 30 heavy (non-hydrogen) atoms. The summed E-state index contributed by atoms with van der Waals surface area (Å²) in [4.78, 5) is 14.3. The van der Waals surface area contributed by atoms with Crippen molar-refractivity contribution in [2.24, 2.45) is 5.92 Å². The highest BCUT2D eigenvalue weighted by molar-refractivity contribution is 7.89. The number of anilines is 1. The Bertz CT molecular complexity index is 1060. The Balaban J connectivity index is 1.63. The number of carbonyl (C=O) groups excluding carboxylic acids is 1. The largest absolute Gasteiger partial charge is 0.371 e. The van der Waals surface area contributed by atoms with E-state index in [0.29, 0.717) is 25.3 Å². The van der Waals surface area contributed by atoms with Crippen molar-refractivity contribution in [3.63, 3.8) is 0 Å². The molecule has 0 spiro atoms. The molecule has 1 aliphatic rings. The van der Waals surface area contributed by atoms with Gasteiger partial charge in [0.2, 0.25) is 10.0 Å². The standard InChI is InChI=1S/C20H22ClF2N3O3S/c1-25(2)30(28,29)19-9-14(3-5-16(19)21)20(27)24-11-13-7-8-26(12-13)15-4-6-17(22)18(23)10-15/h3-6,9-10,13H,7-8,11-12H2,1-2H3,(H,24,27). The van der Waals surface area contributed by atoms with Gasteiger partial charge < -0.3 is 10.2 Å². The molecule has 1 heterocycles. The summed E-state index contributed by atoms with van der Waals surface area (Å²) in [5, 5.41) is 2.85. The fourth-order valence-corrected chi connectivity index (χ4v) is 4.69. The molecule has 1 unspecified atom stereocenters. The zero-order chi connectivity index (χ0) is 22.1. The van der Waals surface area contributed by atoms with Crippen LogP contribution in [0.4, 0.5) is 14.5 Å². The second-order valence-corrected chi connectivity index (χ2v) is 9.87. The first-order chi connectivity index (χ1) is 14.1. The molecule has 6 nitrogen and oxygen atoms in total. The number of nitrogens with one attached hydrogen (secondary N) is 1. The summed E-state index contributed by atoms with van der Waals surface area (Å²) in [5.41, 5.74) is 0.786. The fraction of sp³-hybridized carbons (Fsp3) is 0.350. The van der Waals surface area contributed by atoms with Crippen molar-refractivity contribution in [3.05, 3.63) is 58.6 Å². The van der Waals surface area contributed by atoms with Crippen molar-refractivity contribution < 1.29 is 22.0 Å². The van der Waals surface area contributed by atoms with Crippen LogP contribution in [0.1, 0.15) is 16.8 Å². The lowest BCUT2D eigenvalue weighted by Gasteiger charge is -2.19. The molecule has 1 fully saturated rings. The van der Waals surface area contributed by atoms with Gasteiger partial charge >= 0.3 is 0 Å². The molecule has 2 aromatic rings. The molecular weight excluding hydrogens is 436 g/mol. The van der Waals surface area contributed by atoms with E-state index in [1.165, 1.54) is 38.4 Å². The molecule has 0 aliphatic carbocycles. The highest BCUT2D eigenvalue weighted by Gasteiger charge is 2.25. The van der Waals surface area contributed by atoms with Gasteiger partial charge in [-0.05, 0) is 42.7 Å². The third kappa shape index (κ3) is 4.74. The summed E-state index contributed by atoms with van der Waals surface area (Å²) in [6.45, 7) is 1.63. The maximum Gasteiger partial charge on any atom is 0.251 e. The summed E-state index contributed by atoms with van der Waals surface area (Å²) in [5.74, 6) is -2.07. The van der Waals surface area contributed by atoms with Gasteiger partial charge in [0.1, 0.15) is 4.90 Å². The van der Waals surface area contributed by atoms with Gasteiger partial charge in [-0.25, -0.2) is 21.5 Å². The molecule has 1 N–H and O–H groups in total. The van der Waals surface area contributed by atoms with Gasteiger partial charge in [0.15, 0.2) is 11.6 Å². The second kappa shape index (κ2) is 8.87. The highest BCUT2D eigenvalue weighted by atomic mass is 35.5. The lowest BCUT2D eigenvalue weighted by atomic mass is 10.1. The first-order valence-electron chi connectivity index (χ1n) is 9.30. The predicted octanol–water partition coefficient (Wildman–Crippen LogP) is 3.12. The second-order valence-electron chi connectivity index (χ2n) is 7.34. The van der Waals surface area contributed by atoms with Crippen LogP contribution in [0.15, 0.2) is 41.3 Å². The Labute approximate surface area is 179 Å². The monoisotopic (exact) mass is 457 g/mol. The number of sulfonamides is 1. The first kappa shape index (κ1) is 22.5. The number of nitrogens with zero attached hydrogens (tertiary/aromatic N) is 2. The molecule has 10 heteroatoms. The lowest BCUT2D eigenvalue weighted by Crippen LogP contribution is -2.31. The molecule has 0 saturated carbocycles. The number of benzene rings is 2. The normalized spacial score (nSPS) is 16.9. The lowest BCUT2D eigenvalue weighted by molar-refractivity contribution is 0.0948. The molecule has 1 amide bonds. The van der Waals surface area contributed by atoms with E-state index in [1.54, 1.807) is 0 Å². The van der Waals surface area contributed by atoms with Gasteiger partial charge in [-0.3, -0.25) is 4.79 Å². The summed E-state index contributed by atoms with van der Waals surface area (Å²) in [6, 6.07) is 7.90. The van der Waals surface area contributed by atoms with Crippen molar-refractivity contribution in [2.75, 3.05) is 38.6 Å². The molecule has 0 aromatic heterocycles. The van der Waals surface area contributed by atoms with Gasteiger partial charge in [0.25, 0.3) is 5.91 Å². The molecule has 3 rings (SSSR count). The van der Waals surface area contributed by atoms with E-state index < -0.39 is 27.6 Å². The van der Waals surface area contributed by atoms with Crippen LogP contribution in [-0.2, 0) is 10.0 Å². The third-order valence-corrected chi connectivity index (χ3v) is 7.35. The zero-order valence-corrected chi connectivity index (χ0v) is 18.1. The predicted molar refractivity (Wildman–Crippen MR) is 111 cm³/mol. The van der Waals surface area contributed by atoms with Gasteiger partial charge in [-0.1, -0.05) is 11.6 Å². The SMILES string of the molecule is CN(C)S(=O)(=O)c1cc(C(=O)NCC2CCN(c3ccc(F)c(F)c3)C2)ccc1Cl. The average molecular weight is 458 g/mol. The van der Waals surface area contributed by atoms with Crippen molar-refractivity contribution in [2.45, 2.75) is 11.3 Å². The van der Waals surface area contributed by atoms with Gasteiger partial charge in [0, 0.05) is 51.0 Å². The van der Waals surface area contributed by atoms with Crippen LogP contribution in [0, 0.1) is 17.6 Å². The molecule has 1 saturated heterocycles. The van der Waals surface area contributed by atoms with E-state index in [0.717, 1.165) is 22.9 Å². The van der Waals surface area contributed by atoms with Crippen LogP contribution < -0.4 is 10.2 Å². The summed E-state index contributed by atoms with van der Waals surface area (Å²) in [7, 11) is -1.01. The number of carbonyl (C=O) groups is 1. The van der Waals surface area contributed by atoms with Crippen LogP contribution in [0.2, 0.25) is 5.02 Å². The maximum absolute atomic E-state index is 13.5.